The van der Waals surface area contributed by atoms with E-state index >= 15 is 0 Å². The third-order valence-electron chi connectivity index (χ3n) is 11.9. The lowest BCUT2D eigenvalue weighted by molar-refractivity contribution is -0.200. The van der Waals surface area contributed by atoms with Crippen molar-refractivity contribution in [3.05, 3.63) is 53.1 Å². The zero-order valence-electron chi connectivity index (χ0n) is 24.7. The number of aliphatic hydroxyl groups is 1. The van der Waals surface area contributed by atoms with Crippen molar-refractivity contribution < 1.29 is 28.9 Å². The van der Waals surface area contributed by atoms with Crippen molar-refractivity contribution in [3.63, 3.8) is 0 Å². The molecule has 6 nitrogen and oxygen atoms in total. The first-order valence-electron chi connectivity index (χ1n) is 15.9. The predicted octanol–water partition coefficient (Wildman–Crippen LogP) is 5.68. The topological polar surface area (TPSA) is 82.1 Å². The molecule has 1 aromatic rings. The fourth-order valence-electron chi connectivity index (χ4n) is 10.1. The molecule has 1 N–H and O–H groups in total. The average molecular weight is 561 g/mol. The summed E-state index contributed by atoms with van der Waals surface area (Å²) >= 11 is 0. The van der Waals surface area contributed by atoms with Crippen LogP contribution in [-0.4, -0.2) is 47.4 Å². The molecule has 1 saturated heterocycles. The lowest BCUT2D eigenvalue weighted by Gasteiger charge is -2.59. The maximum atomic E-state index is 14.5. The highest BCUT2D eigenvalue weighted by molar-refractivity contribution is 6.01. The summed E-state index contributed by atoms with van der Waals surface area (Å²) in [4.78, 5) is 26.7. The van der Waals surface area contributed by atoms with Gasteiger partial charge in [0.25, 0.3) is 0 Å². The summed E-state index contributed by atoms with van der Waals surface area (Å²) in [5.41, 5.74) is 1.61. The van der Waals surface area contributed by atoms with Gasteiger partial charge >= 0.3 is 0 Å². The van der Waals surface area contributed by atoms with E-state index in [2.05, 4.69) is 26.8 Å². The smallest absolute Gasteiger partial charge is 0.205 e. The number of rotatable bonds is 6. The van der Waals surface area contributed by atoms with Crippen molar-refractivity contribution in [2.24, 2.45) is 28.6 Å². The normalized spacial score (nSPS) is 42.4. The molecule has 220 valence electrons. The number of allylic oxidation sites excluding steroid dienone is 4. The number of fused-ring (bicyclic) bond motifs is 8. The molecule has 0 amide bonds. The number of ketones is 2. The minimum absolute atomic E-state index is 0.00515. The highest BCUT2D eigenvalue weighted by Gasteiger charge is 2.75. The van der Waals surface area contributed by atoms with Gasteiger partial charge in [-0.15, -0.1) is 0 Å². The second kappa shape index (κ2) is 9.89. The molecule has 5 aliphatic carbocycles. The number of aryl methyl sites for hydroxylation is 1. The number of hydrogen-bond acceptors (Lipinski definition) is 6. The molecule has 41 heavy (non-hydrogen) atoms. The Bertz CT molecular complexity index is 1310. The first kappa shape index (κ1) is 27.5. The van der Waals surface area contributed by atoms with Crippen LogP contribution in [0.25, 0.3) is 0 Å². The van der Waals surface area contributed by atoms with Gasteiger partial charge in [0, 0.05) is 16.7 Å². The first-order valence-corrected chi connectivity index (χ1v) is 15.9. The number of hydrogen-bond donors (Lipinski definition) is 1. The summed E-state index contributed by atoms with van der Waals surface area (Å²) in [7, 11) is 0. The zero-order chi connectivity index (χ0) is 28.6. The molecule has 6 heteroatoms. The van der Waals surface area contributed by atoms with Gasteiger partial charge in [-0.3, -0.25) is 9.59 Å². The minimum Gasteiger partial charge on any atom is -0.485 e. The highest BCUT2D eigenvalue weighted by atomic mass is 16.7. The molecule has 0 radical (unpaired) electrons. The Hall–Kier alpha value is -2.28. The highest BCUT2D eigenvalue weighted by Crippen LogP contribution is 2.69. The Morgan fingerprint density at radius 1 is 1.17 bits per heavy atom. The van der Waals surface area contributed by atoms with Crippen LogP contribution in [0.1, 0.15) is 83.3 Å². The van der Waals surface area contributed by atoms with Gasteiger partial charge in [-0.25, -0.2) is 0 Å². The van der Waals surface area contributed by atoms with Crippen LogP contribution >= 0.6 is 0 Å². The second-order valence-corrected chi connectivity index (χ2v) is 14.0. The van der Waals surface area contributed by atoms with E-state index in [-0.39, 0.29) is 47.4 Å². The van der Waals surface area contributed by atoms with Gasteiger partial charge in [0.2, 0.25) is 5.78 Å². The number of aliphatic hydroxyl groups excluding tert-OH is 1. The van der Waals surface area contributed by atoms with Crippen LogP contribution < -0.4 is 4.74 Å². The fraction of sp³-hybridized carbons (Fsp3) is 0.657. The Kier molecular flexibility index (Phi) is 6.64. The summed E-state index contributed by atoms with van der Waals surface area (Å²) in [6.07, 6.45) is 13.0. The molecule has 0 spiro atoms. The lowest BCUT2D eigenvalue weighted by atomic mass is 9.46. The Morgan fingerprint density at radius 2 is 2.00 bits per heavy atom. The van der Waals surface area contributed by atoms with E-state index < -0.39 is 23.4 Å². The van der Waals surface area contributed by atoms with Crippen molar-refractivity contribution in [2.45, 2.75) is 109 Å². The van der Waals surface area contributed by atoms with Crippen LogP contribution in [0.4, 0.5) is 0 Å². The minimum atomic E-state index is -1.15. The van der Waals surface area contributed by atoms with E-state index in [1.165, 1.54) is 17.5 Å². The maximum Gasteiger partial charge on any atom is 0.205 e. The monoisotopic (exact) mass is 560 g/mol. The van der Waals surface area contributed by atoms with E-state index in [9.17, 15) is 14.7 Å². The van der Waals surface area contributed by atoms with Crippen LogP contribution in [0.15, 0.2) is 42.0 Å². The summed E-state index contributed by atoms with van der Waals surface area (Å²) in [6.45, 7) is 6.40. The van der Waals surface area contributed by atoms with Gasteiger partial charge in [-0.05, 0) is 99.0 Å². The summed E-state index contributed by atoms with van der Waals surface area (Å²) in [6, 6.07) is 6.19. The molecule has 0 aromatic heterocycles. The zero-order valence-corrected chi connectivity index (χ0v) is 24.7. The molecule has 6 aliphatic rings. The molecule has 1 aliphatic heterocycles. The molecular formula is C35H44O6. The average Bonchev–Trinajstić information content (AvgIpc) is 3.44. The van der Waals surface area contributed by atoms with E-state index in [4.69, 9.17) is 14.2 Å². The summed E-state index contributed by atoms with van der Waals surface area (Å²) < 4.78 is 19.7. The van der Waals surface area contributed by atoms with Crippen molar-refractivity contribution >= 4 is 11.6 Å². The Labute approximate surface area is 243 Å². The van der Waals surface area contributed by atoms with Crippen LogP contribution in [0, 0.1) is 28.6 Å². The number of carbonyl (C=O) groups is 2. The maximum absolute atomic E-state index is 14.5. The van der Waals surface area contributed by atoms with E-state index in [1.54, 1.807) is 12.2 Å². The summed E-state index contributed by atoms with van der Waals surface area (Å²) in [5, 5.41) is 11.9. The Balaban J connectivity index is 1.22. The number of Topliss-reactive ketones (excluding diaryl/α,β-unsaturated/α-hetero) is 1. The molecule has 1 aromatic carbocycles. The van der Waals surface area contributed by atoms with Gasteiger partial charge < -0.3 is 19.3 Å². The van der Waals surface area contributed by atoms with Gasteiger partial charge in [-0.2, -0.15) is 0 Å². The fourth-order valence-corrected chi connectivity index (χ4v) is 10.1. The molecular weight excluding hydrogens is 516 g/mol. The van der Waals surface area contributed by atoms with Gasteiger partial charge in [0.1, 0.15) is 12.4 Å². The molecule has 4 fully saturated rings. The Morgan fingerprint density at radius 3 is 2.83 bits per heavy atom. The van der Waals surface area contributed by atoms with Crippen molar-refractivity contribution in [1.29, 1.82) is 0 Å². The molecule has 7 rings (SSSR count). The quantitative estimate of drug-likeness (QED) is 0.482. The largest absolute Gasteiger partial charge is 0.485 e. The van der Waals surface area contributed by atoms with Crippen LogP contribution in [0.5, 0.6) is 5.75 Å². The number of carbonyl (C=O) groups excluding carboxylic acids is 2. The molecule has 6 unspecified atom stereocenters. The van der Waals surface area contributed by atoms with Crippen LogP contribution in [-0.2, 0) is 31.9 Å². The van der Waals surface area contributed by atoms with Crippen molar-refractivity contribution in [3.8, 4) is 5.75 Å². The van der Waals surface area contributed by atoms with Gasteiger partial charge in [0.15, 0.2) is 17.7 Å². The van der Waals surface area contributed by atoms with Crippen LogP contribution in [0.3, 0.4) is 0 Å². The van der Waals surface area contributed by atoms with Gasteiger partial charge in [0.05, 0.1) is 12.2 Å². The SMILES string of the molecule is CCCC1O[C@@H]2CC3C4CCC5=CC(=O)C=CC5(C)C4[C@@H](O)CC3(C)[C@@]2(C(=O)COc2cccc3c2CCCC3)O1. The third kappa shape index (κ3) is 3.93. The number of ether oxygens (including phenoxy) is 3. The molecule has 9 atom stereocenters. The van der Waals surface area contributed by atoms with E-state index in [1.807, 2.05) is 18.2 Å². The van der Waals surface area contributed by atoms with E-state index in [0.29, 0.717) is 6.42 Å². The first-order chi connectivity index (χ1) is 19.7. The van der Waals surface area contributed by atoms with Crippen molar-refractivity contribution in [1.82, 2.24) is 0 Å². The molecule has 3 saturated carbocycles. The van der Waals surface area contributed by atoms with E-state index in [0.717, 1.165) is 62.7 Å². The second-order valence-electron chi connectivity index (χ2n) is 14.0. The molecule has 0 bridgehead atoms. The van der Waals surface area contributed by atoms with Crippen molar-refractivity contribution in [2.75, 3.05) is 6.61 Å². The lowest BCUT2D eigenvalue weighted by Crippen LogP contribution is -2.63. The molecule has 1 heterocycles. The predicted molar refractivity (Wildman–Crippen MR) is 154 cm³/mol. The number of benzene rings is 1. The van der Waals surface area contributed by atoms with Gasteiger partial charge in [-0.1, -0.05) is 51.0 Å². The van der Waals surface area contributed by atoms with Crippen LogP contribution in [0.2, 0.25) is 0 Å². The summed E-state index contributed by atoms with van der Waals surface area (Å²) in [5.74, 6) is 1.16. The standard InChI is InChI=1S/C35H44O6/c1-4-8-31-40-30-18-26-25-14-13-22-17-23(36)15-16-33(22,2)32(25)27(37)19-34(26,3)35(30,41-31)29(38)20-39-28-12-7-10-21-9-5-6-11-24(21)28/h7,10,12,15-17,25-27,30-32,37H,4-6,8-9,11,13-14,18-20H2,1-3H3/t25?,26?,27-,30+,31?,32?,33?,34?,35-/m0/s1. The third-order valence-corrected chi connectivity index (χ3v) is 11.9.